The van der Waals surface area contributed by atoms with Crippen LogP contribution in [0.5, 0.6) is 0 Å². The van der Waals surface area contributed by atoms with Crippen LogP contribution < -0.4 is 5.32 Å². The minimum atomic E-state index is -1.79. The monoisotopic (exact) mass is 352 g/mol. The first-order valence-electron chi connectivity index (χ1n) is 6.89. The molecule has 2 unspecified atom stereocenters. The Morgan fingerprint density at radius 3 is 2.65 bits per heavy atom. The number of anilines is 1. The molecule has 2 atom stereocenters. The van der Waals surface area contributed by atoms with Crippen LogP contribution in [0.3, 0.4) is 0 Å². The van der Waals surface area contributed by atoms with Gasteiger partial charge in [-0.05, 0) is 18.4 Å². The lowest BCUT2D eigenvalue weighted by molar-refractivity contribution is -0.136. The van der Waals surface area contributed by atoms with Crippen LogP contribution >= 0.6 is 11.3 Å². The number of carbonyl (C=O) groups is 2. The molecule has 1 amide bonds. The molecule has 0 aliphatic heterocycles. The molecule has 2 aromatic rings. The van der Waals surface area contributed by atoms with E-state index in [1.807, 2.05) is 30.3 Å². The van der Waals surface area contributed by atoms with Crippen molar-refractivity contribution in [1.82, 2.24) is 4.98 Å². The summed E-state index contributed by atoms with van der Waals surface area (Å²) < 4.78 is 12.2. The molecule has 2 rings (SSSR count). The molecule has 0 spiro atoms. The van der Waals surface area contributed by atoms with Gasteiger partial charge < -0.3 is 10.4 Å². The van der Waals surface area contributed by atoms with Gasteiger partial charge in [-0.25, -0.2) is 4.98 Å². The third kappa shape index (κ3) is 5.57. The smallest absolute Gasteiger partial charge is 0.319 e. The fourth-order valence-electron chi connectivity index (χ4n) is 1.98. The van der Waals surface area contributed by atoms with Crippen molar-refractivity contribution in [3.8, 4) is 0 Å². The number of aromatic nitrogens is 1. The molecule has 122 valence electrons. The zero-order valence-electron chi connectivity index (χ0n) is 12.2. The number of hydrogen-bond donors (Lipinski definition) is 2. The van der Waals surface area contributed by atoms with E-state index in [0.717, 1.165) is 5.56 Å². The summed E-state index contributed by atoms with van der Waals surface area (Å²) in [6.45, 7) is 0. The van der Waals surface area contributed by atoms with Gasteiger partial charge in [0.05, 0.1) is 0 Å². The SMILES string of the molecule is O=C(CS(=O)C(CCc1ccccc1)C(=O)O)Nc1nccs1. The molecule has 0 saturated heterocycles. The number of carbonyl (C=O) groups excluding carboxylic acids is 1. The van der Waals surface area contributed by atoms with Gasteiger partial charge >= 0.3 is 5.97 Å². The maximum absolute atomic E-state index is 12.2. The lowest BCUT2D eigenvalue weighted by Gasteiger charge is -2.12. The van der Waals surface area contributed by atoms with Crippen LogP contribution in [0.2, 0.25) is 0 Å². The summed E-state index contributed by atoms with van der Waals surface area (Å²) in [5.74, 6) is -2.00. The zero-order valence-corrected chi connectivity index (χ0v) is 13.8. The zero-order chi connectivity index (χ0) is 16.7. The van der Waals surface area contributed by atoms with Gasteiger partial charge in [-0.3, -0.25) is 13.8 Å². The standard InChI is InChI=1S/C15H16N2O4S2/c18-13(17-15-16-8-9-22-15)10-23(21)12(14(19)20)7-6-11-4-2-1-3-5-11/h1-5,8-9,12H,6-7,10H2,(H,19,20)(H,16,17,18). The summed E-state index contributed by atoms with van der Waals surface area (Å²) in [7, 11) is -1.79. The second-order valence-corrected chi connectivity index (χ2v) is 7.28. The molecule has 1 aromatic carbocycles. The van der Waals surface area contributed by atoms with Gasteiger partial charge in [-0.15, -0.1) is 11.3 Å². The Morgan fingerprint density at radius 2 is 2.04 bits per heavy atom. The van der Waals surface area contributed by atoms with E-state index in [2.05, 4.69) is 10.3 Å². The van der Waals surface area contributed by atoms with Gasteiger partial charge in [0, 0.05) is 22.4 Å². The lowest BCUT2D eigenvalue weighted by Crippen LogP contribution is -2.32. The van der Waals surface area contributed by atoms with Crippen LogP contribution in [-0.2, 0) is 26.8 Å². The average Bonchev–Trinajstić information content (AvgIpc) is 3.00. The molecule has 0 aliphatic rings. The normalized spacial score (nSPS) is 13.2. The van der Waals surface area contributed by atoms with Crippen molar-refractivity contribution >= 4 is 39.1 Å². The van der Waals surface area contributed by atoms with Crippen LogP contribution in [0.15, 0.2) is 41.9 Å². The summed E-state index contributed by atoms with van der Waals surface area (Å²) in [5, 5.41) is 12.8. The van der Waals surface area contributed by atoms with E-state index >= 15 is 0 Å². The van der Waals surface area contributed by atoms with E-state index in [4.69, 9.17) is 0 Å². The molecular weight excluding hydrogens is 336 g/mol. The Morgan fingerprint density at radius 1 is 1.30 bits per heavy atom. The number of rotatable bonds is 8. The molecule has 0 fully saturated rings. The van der Waals surface area contributed by atoms with E-state index in [9.17, 15) is 18.9 Å². The predicted molar refractivity (Wildman–Crippen MR) is 89.9 cm³/mol. The molecule has 8 heteroatoms. The van der Waals surface area contributed by atoms with Crippen molar-refractivity contribution in [2.45, 2.75) is 18.1 Å². The lowest BCUT2D eigenvalue weighted by atomic mass is 10.1. The number of amides is 1. The topological polar surface area (TPSA) is 96.4 Å². The van der Waals surface area contributed by atoms with Gasteiger partial charge in [0.2, 0.25) is 5.91 Å². The van der Waals surface area contributed by atoms with Crippen molar-refractivity contribution in [2.24, 2.45) is 0 Å². The summed E-state index contributed by atoms with van der Waals surface area (Å²) >= 11 is 1.24. The highest BCUT2D eigenvalue weighted by Crippen LogP contribution is 2.12. The van der Waals surface area contributed by atoms with Gasteiger partial charge in [0.1, 0.15) is 11.0 Å². The van der Waals surface area contributed by atoms with Crippen molar-refractivity contribution in [3.63, 3.8) is 0 Å². The van der Waals surface area contributed by atoms with Crippen LogP contribution in [-0.4, -0.2) is 37.2 Å². The van der Waals surface area contributed by atoms with E-state index in [1.54, 1.807) is 5.38 Å². The van der Waals surface area contributed by atoms with Crippen LogP contribution in [0.1, 0.15) is 12.0 Å². The van der Waals surface area contributed by atoms with E-state index in [0.29, 0.717) is 11.6 Å². The van der Waals surface area contributed by atoms with Crippen molar-refractivity contribution in [2.75, 3.05) is 11.1 Å². The van der Waals surface area contributed by atoms with E-state index in [-0.39, 0.29) is 12.2 Å². The molecule has 1 heterocycles. The first kappa shape index (κ1) is 17.3. The van der Waals surface area contributed by atoms with Crippen LogP contribution in [0, 0.1) is 0 Å². The molecule has 0 saturated carbocycles. The Balaban J connectivity index is 1.90. The van der Waals surface area contributed by atoms with Crippen LogP contribution in [0.25, 0.3) is 0 Å². The summed E-state index contributed by atoms with van der Waals surface area (Å²) in [6, 6.07) is 9.38. The maximum atomic E-state index is 12.2. The van der Waals surface area contributed by atoms with Crippen molar-refractivity contribution in [1.29, 1.82) is 0 Å². The largest absolute Gasteiger partial charge is 0.480 e. The van der Waals surface area contributed by atoms with Gasteiger partial charge in [-0.1, -0.05) is 30.3 Å². The maximum Gasteiger partial charge on any atom is 0.319 e. The highest BCUT2D eigenvalue weighted by molar-refractivity contribution is 7.87. The number of benzene rings is 1. The Bertz CT molecular complexity index is 674. The minimum absolute atomic E-state index is 0.219. The quantitative estimate of drug-likeness (QED) is 0.756. The van der Waals surface area contributed by atoms with E-state index < -0.39 is 27.9 Å². The summed E-state index contributed by atoms with van der Waals surface area (Å²) in [5.41, 5.74) is 0.975. The molecule has 0 bridgehead atoms. The number of hydrogen-bond acceptors (Lipinski definition) is 5. The first-order chi connectivity index (χ1) is 11.1. The first-order valence-corrected chi connectivity index (χ1v) is 9.15. The van der Waals surface area contributed by atoms with Gasteiger partial charge in [0.15, 0.2) is 5.13 Å². The second kappa shape index (κ2) is 8.54. The molecule has 23 heavy (non-hydrogen) atoms. The number of thiazole rings is 1. The van der Waals surface area contributed by atoms with E-state index in [1.165, 1.54) is 17.5 Å². The Hall–Kier alpha value is -2.06. The highest BCUT2D eigenvalue weighted by atomic mass is 32.2. The van der Waals surface area contributed by atoms with Crippen molar-refractivity contribution in [3.05, 3.63) is 47.5 Å². The summed E-state index contributed by atoms with van der Waals surface area (Å²) in [4.78, 5) is 27.0. The molecule has 6 nitrogen and oxygen atoms in total. The van der Waals surface area contributed by atoms with Gasteiger partial charge in [0.25, 0.3) is 0 Å². The third-order valence-corrected chi connectivity index (χ3v) is 5.39. The Labute approximate surface area is 140 Å². The van der Waals surface area contributed by atoms with Crippen molar-refractivity contribution < 1.29 is 18.9 Å². The van der Waals surface area contributed by atoms with Crippen LogP contribution in [0.4, 0.5) is 5.13 Å². The fraction of sp³-hybridized carbons (Fsp3) is 0.267. The minimum Gasteiger partial charge on any atom is -0.480 e. The average molecular weight is 352 g/mol. The Kier molecular flexibility index (Phi) is 6.42. The molecule has 1 aromatic heterocycles. The molecule has 0 radical (unpaired) electrons. The summed E-state index contributed by atoms with van der Waals surface area (Å²) in [6.07, 6.45) is 2.26. The highest BCUT2D eigenvalue weighted by Gasteiger charge is 2.26. The number of nitrogens with one attached hydrogen (secondary N) is 1. The molecule has 0 aliphatic carbocycles. The number of aryl methyl sites for hydroxylation is 1. The molecular formula is C15H16N2O4S2. The number of aliphatic carboxylic acids is 1. The third-order valence-electron chi connectivity index (χ3n) is 3.08. The van der Waals surface area contributed by atoms with Gasteiger partial charge in [-0.2, -0.15) is 0 Å². The fourth-order valence-corrected chi connectivity index (χ4v) is 3.66. The molecule has 2 N–H and O–H groups in total. The number of carboxylic acids is 1. The number of nitrogens with zero attached hydrogens (tertiary/aromatic N) is 1. The number of carboxylic acid groups (broad SMARTS) is 1. The second-order valence-electron chi connectivity index (χ2n) is 4.76. The predicted octanol–water partition coefficient (Wildman–Crippen LogP) is 1.92.